The molecule has 4 nitrogen and oxygen atoms in total. The molecule has 1 saturated heterocycles. The molecule has 1 fully saturated rings. The lowest BCUT2D eigenvalue weighted by Crippen LogP contribution is -2.35. The average Bonchev–Trinajstić information content (AvgIpc) is 3.08. The molecule has 0 aliphatic carbocycles. The van der Waals surface area contributed by atoms with Crippen LogP contribution in [0, 0.1) is 6.92 Å². The number of thiazole rings is 1. The fourth-order valence-corrected chi connectivity index (χ4v) is 3.69. The molecule has 0 atom stereocenters. The summed E-state index contributed by atoms with van der Waals surface area (Å²) in [6.07, 6.45) is 2.02. The van der Waals surface area contributed by atoms with Gasteiger partial charge in [0, 0.05) is 17.5 Å². The van der Waals surface area contributed by atoms with Gasteiger partial charge in [0.25, 0.3) is 5.91 Å². The van der Waals surface area contributed by atoms with Crippen molar-refractivity contribution < 1.29 is 9.63 Å². The summed E-state index contributed by atoms with van der Waals surface area (Å²) in [6.45, 7) is 3.18. The molecule has 2 aromatic heterocycles. The van der Waals surface area contributed by atoms with Crippen LogP contribution in [0.5, 0.6) is 0 Å². The molecule has 1 amide bonds. The van der Waals surface area contributed by atoms with E-state index in [0.29, 0.717) is 18.0 Å². The second kappa shape index (κ2) is 5.40. The van der Waals surface area contributed by atoms with Crippen molar-refractivity contribution in [3.8, 4) is 10.6 Å². The topological polar surface area (TPSA) is 42.4 Å². The molecule has 19 heavy (non-hydrogen) atoms. The number of rotatable bonds is 2. The van der Waals surface area contributed by atoms with E-state index in [1.165, 1.54) is 16.4 Å². The maximum atomic E-state index is 12.4. The van der Waals surface area contributed by atoms with Crippen LogP contribution < -0.4 is 0 Å². The van der Waals surface area contributed by atoms with Crippen LogP contribution in [0.25, 0.3) is 10.6 Å². The Hall–Kier alpha value is -1.24. The minimum absolute atomic E-state index is 0.0591. The highest BCUT2D eigenvalue weighted by Gasteiger charge is 2.24. The molecule has 1 aliphatic rings. The van der Waals surface area contributed by atoms with Gasteiger partial charge in [0.15, 0.2) is 0 Å². The Balaban J connectivity index is 1.86. The highest BCUT2D eigenvalue weighted by atomic mass is 32.1. The zero-order chi connectivity index (χ0) is 13.2. The van der Waals surface area contributed by atoms with Gasteiger partial charge in [-0.2, -0.15) is 11.3 Å². The Labute approximate surface area is 119 Å². The Morgan fingerprint density at radius 2 is 2.37 bits per heavy atom. The van der Waals surface area contributed by atoms with Crippen LogP contribution in [0.15, 0.2) is 16.8 Å². The summed E-state index contributed by atoms with van der Waals surface area (Å²) in [5.74, 6) is -0.0591. The lowest BCUT2D eigenvalue weighted by atomic mass is 10.3. The Morgan fingerprint density at radius 3 is 3.05 bits per heavy atom. The molecule has 1 aliphatic heterocycles. The molecule has 0 spiro atoms. The monoisotopic (exact) mass is 294 g/mol. The number of carbonyl (C=O) groups is 1. The third-order valence-corrected chi connectivity index (χ3v) is 4.87. The lowest BCUT2D eigenvalue weighted by Gasteiger charge is -2.25. The second-order valence-corrected chi connectivity index (χ2v) is 6.17. The van der Waals surface area contributed by atoms with Gasteiger partial charge < -0.3 is 0 Å². The van der Waals surface area contributed by atoms with Gasteiger partial charge in [-0.25, -0.2) is 10.0 Å². The maximum Gasteiger partial charge on any atom is 0.289 e. The van der Waals surface area contributed by atoms with E-state index < -0.39 is 0 Å². The molecule has 2 aromatic rings. The molecule has 3 heterocycles. The second-order valence-electron chi connectivity index (χ2n) is 4.39. The predicted octanol–water partition coefficient (Wildman–Crippen LogP) is 3.35. The van der Waals surface area contributed by atoms with Crippen molar-refractivity contribution in [3.63, 3.8) is 0 Å². The minimum Gasteiger partial charge on any atom is -0.271 e. The summed E-state index contributed by atoms with van der Waals surface area (Å²) < 4.78 is 0. The number of carbonyl (C=O) groups excluding carboxylic acids is 1. The highest BCUT2D eigenvalue weighted by Crippen LogP contribution is 2.30. The zero-order valence-corrected chi connectivity index (χ0v) is 12.2. The van der Waals surface area contributed by atoms with Crippen LogP contribution in [0.4, 0.5) is 0 Å². The maximum absolute atomic E-state index is 12.4. The van der Waals surface area contributed by atoms with Crippen molar-refractivity contribution in [2.24, 2.45) is 0 Å². The van der Waals surface area contributed by atoms with Crippen molar-refractivity contribution in [2.45, 2.75) is 19.8 Å². The van der Waals surface area contributed by atoms with E-state index >= 15 is 0 Å². The van der Waals surface area contributed by atoms with Crippen LogP contribution in [0.3, 0.4) is 0 Å². The van der Waals surface area contributed by atoms with Crippen LogP contribution >= 0.6 is 22.7 Å². The first-order chi connectivity index (χ1) is 9.25. The van der Waals surface area contributed by atoms with E-state index in [1.807, 2.05) is 23.8 Å². The first kappa shape index (κ1) is 12.8. The summed E-state index contributed by atoms with van der Waals surface area (Å²) >= 11 is 3.08. The van der Waals surface area contributed by atoms with Crippen LogP contribution in [0.1, 0.15) is 28.2 Å². The third kappa shape index (κ3) is 2.56. The molecule has 100 valence electrons. The van der Waals surface area contributed by atoms with Gasteiger partial charge in [0.1, 0.15) is 9.88 Å². The Bertz CT molecular complexity index is 571. The molecule has 0 N–H and O–H groups in total. The minimum atomic E-state index is -0.0591. The number of hydrogen-bond acceptors (Lipinski definition) is 5. The number of aromatic nitrogens is 1. The number of amides is 1. The Kier molecular flexibility index (Phi) is 3.63. The van der Waals surface area contributed by atoms with Gasteiger partial charge in [-0.3, -0.25) is 9.63 Å². The standard InChI is InChI=1S/C13H14N2O2S2/c1-9-11(13(16)15-5-2-3-6-17-15)19-12(14-9)10-4-7-18-8-10/h4,7-8H,2-3,5-6H2,1H3. The van der Waals surface area contributed by atoms with E-state index in [2.05, 4.69) is 4.98 Å². The summed E-state index contributed by atoms with van der Waals surface area (Å²) in [7, 11) is 0. The van der Waals surface area contributed by atoms with Gasteiger partial charge in [0.05, 0.1) is 12.3 Å². The molecule has 0 unspecified atom stereocenters. The first-order valence-corrected chi connectivity index (χ1v) is 7.96. The van der Waals surface area contributed by atoms with Crippen LogP contribution in [-0.4, -0.2) is 29.1 Å². The van der Waals surface area contributed by atoms with E-state index in [9.17, 15) is 4.79 Å². The summed E-state index contributed by atoms with van der Waals surface area (Å²) in [4.78, 5) is 23.0. The third-order valence-electron chi connectivity index (χ3n) is 2.99. The smallest absolute Gasteiger partial charge is 0.271 e. The fourth-order valence-electron chi connectivity index (χ4n) is 1.97. The summed E-state index contributed by atoms with van der Waals surface area (Å²) in [6, 6.07) is 2.02. The molecule has 0 bridgehead atoms. The summed E-state index contributed by atoms with van der Waals surface area (Å²) in [5, 5.41) is 6.44. The van der Waals surface area contributed by atoms with Gasteiger partial charge in [-0.15, -0.1) is 11.3 Å². The largest absolute Gasteiger partial charge is 0.289 e. The van der Waals surface area contributed by atoms with E-state index in [4.69, 9.17) is 4.84 Å². The molecule has 0 saturated carbocycles. The lowest BCUT2D eigenvalue weighted by molar-refractivity contribution is -0.144. The quantitative estimate of drug-likeness (QED) is 0.853. The van der Waals surface area contributed by atoms with Crippen LogP contribution in [-0.2, 0) is 4.84 Å². The van der Waals surface area contributed by atoms with Crippen molar-refractivity contribution >= 4 is 28.6 Å². The van der Waals surface area contributed by atoms with Crippen LogP contribution in [0.2, 0.25) is 0 Å². The molecule has 0 radical (unpaired) electrons. The van der Waals surface area contributed by atoms with Gasteiger partial charge >= 0.3 is 0 Å². The summed E-state index contributed by atoms with van der Waals surface area (Å²) in [5.41, 5.74) is 1.86. The highest BCUT2D eigenvalue weighted by molar-refractivity contribution is 7.17. The first-order valence-electron chi connectivity index (χ1n) is 6.20. The fraction of sp³-hybridized carbons (Fsp3) is 0.385. The number of thiophene rings is 1. The van der Waals surface area contributed by atoms with Crippen molar-refractivity contribution in [1.29, 1.82) is 0 Å². The van der Waals surface area contributed by atoms with Gasteiger partial charge in [0.2, 0.25) is 0 Å². The number of nitrogens with zero attached hydrogens (tertiary/aromatic N) is 2. The van der Waals surface area contributed by atoms with E-state index in [1.54, 1.807) is 11.3 Å². The molecular formula is C13H14N2O2S2. The van der Waals surface area contributed by atoms with Crippen molar-refractivity contribution in [1.82, 2.24) is 10.0 Å². The number of aryl methyl sites for hydroxylation is 1. The number of hydroxylamine groups is 2. The zero-order valence-electron chi connectivity index (χ0n) is 10.6. The van der Waals surface area contributed by atoms with Gasteiger partial charge in [-0.05, 0) is 31.2 Å². The van der Waals surface area contributed by atoms with E-state index in [0.717, 1.165) is 29.1 Å². The Morgan fingerprint density at radius 1 is 1.47 bits per heavy atom. The van der Waals surface area contributed by atoms with Crippen molar-refractivity contribution in [3.05, 3.63) is 27.4 Å². The molecule has 3 rings (SSSR count). The molecular weight excluding hydrogens is 280 g/mol. The van der Waals surface area contributed by atoms with E-state index in [-0.39, 0.29) is 5.91 Å². The van der Waals surface area contributed by atoms with Crippen molar-refractivity contribution in [2.75, 3.05) is 13.2 Å². The normalized spacial score (nSPS) is 15.7. The molecule has 6 heteroatoms. The number of hydrogen-bond donors (Lipinski definition) is 0. The molecule has 0 aromatic carbocycles. The predicted molar refractivity (Wildman–Crippen MR) is 76.4 cm³/mol. The SMILES string of the molecule is Cc1nc(-c2ccsc2)sc1C(=O)N1CCCCO1. The van der Waals surface area contributed by atoms with Gasteiger partial charge in [-0.1, -0.05) is 0 Å². The average molecular weight is 294 g/mol.